The third-order valence-corrected chi connectivity index (χ3v) is 3.23. The van der Waals surface area contributed by atoms with Crippen LogP contribution in [0.25, 0.3) is 0 Å². The lowest BCUT2D eigenvalue weighted by Gasteiger charge is -2.35. The molecule has 1 amide bonds. The molecule has 0 spiro atoms. The maximum Gasteiger partial charge on any atom is 0.413 e. The molecule has 0 aromatic carbocycles. The van der Waals surface area contributed by atoms with Crippen LogP contribution in [0, 0.1) is 0 Å². The molecule has 0 unspecified atom stereocenters. The highest BCUT2D eigenvalue weighted by Gasteiger charge is 2.46. The number of hydrogen-bond acceptors (Lipinski definition) is 5. The molecule has 0 aliphatic carbocycles. The summed E-state index contributed by atoms with van der Waals surface area (Å²) in [4.78, 5) is 25.6. The van der Waals surface area contributed by atoms with Gasteiger partial charge < -0.3 is 14.2 Å². The van der Waals surface area contributed by atoms with Gasteiger partial charge in [-0.25, -0.2) is 9.59 Å². The maximum absolute atomic E-state index is 12.5. The van der Waals surface area contributed by atoms with E-state index in [2.05, 4.69) is 0 Å². The van der Waals surface area contributed by atoms with Crippen LogP contribution in [0.15, 0.2) is 11.6 Å². The van der Waals surface area contributed by atoms with Gasteiger partial charge in [0.1, 0.15) is 11.3 Å². The molecule has 0 aromatic heterocycles. The molecule has 22 heavy (non-hydrogen) atoms. The molecule has 1 heterocycles. The van der Waals surface area contributed by atoms with Gasteiger partial charge in [0.2, 0.25) is 0 Å². The predicted molar refractivity (Wildman–Crippen MR) is 82.3 cm³/mol. The molecule has 0 saturated carbocycles. The van der Waals surface area contributed by atoms with Gasteiger partial charge in [-0.3, -0.25) is 4.90 Å². The van der Waals surface area contributed by atoms with Crippen molar-refractivity contribution in [3.05, 3.63) is 11.6 Å². The first-order valence-corrected chi connectivity index (χ1v) is 7.49. The van der Waals surface area contributed by atoms with Crippen LogP contribution >= 0.6 is 0 Å². The summed E-state index contributed by atoms with van der Waals surface area (Å²) in [7, 11) is 0. The Labute approximate surface area is 132 Å². The molecule has 126 valence electrons. The number of carbonyl (C=O) groups excluding carboxylic acids is 2. The van der Waals surface area contributed by atoms with Crippen molar-refractivity contribution >= 4 is 12.1 Å². The molecular weight excluding hydrogens is 286 g/mol. The van der Waals surface area contributed by atoms with E-state index in [0.29, 0.717) is 18.8 Å². The molecule has 6 nitrogen and oxygen atoms in total. The molecule has 1 rings (SSSR count). The molecule has 0 aromatic rings. The predicted octanol–water partition coefficient (Wildman–Crippen LogP) is 2.87. The highest BCUT2D eigenvalue weighted by atomic mass is 16.6. The Morgan fingerprint density at radius 2 is 1.95 bits per heavy atom. The van der Waals surface area contributed by atoms with Gasteiger partial charge in [-0.05, 0) is 54.0 Å². The Balaban J connectivity index is 2.98. The zero-order valence-corrected chi connectivity index (χ0v) is 14.6. The summed E-state index contributed by atoms with van der Waals surface area (Å²) in [6.07, 6.45) is 0.938. The fraction of sp³-hybridized carbons (Fsp3) is 0.750. The van der Waals surface area contributed by atoms with Gasteiger partial charge >= 0.3 is 12.1 Å². The first-order chi connectivity index (χ1) is 9.98. The van der Waals surface area contributed by atoms with Gasteiger partial charge in [0.15, 0.2) is 0 Å². The lowest BCUT2D eigenvalue weighted by atomic mass is 10.1. The normalized spacial score (nSPS) is 21.7. The van der Waals surface area contributed by atoms with Crippen molar-refractivity contribution < 1.29 is 23.8 Å². The van der Waals surface area contributed by atoms with Crippen molar-refractivity contribution in [3.8, 4) is 0 Å². The van der Waals surface area contributed by atoms with Crippen LogP contribution in [0.2, 0.25) is 0 Å². The molecule has 0 bridgehead atoms. The van der Waals surface area contributed by atoms with E-state index in [4.69, 9.17) is 14.2 Å². The van der Waals surface area contributed by atoms with Crippen molar-refractivity contribution in [3.63, 3.8) is 0 Å². The van der Waals surface area contributed by atoms with E-state index >= 15 is 0 Å². The zero-order valence-electron chi connectivity index (χ0n) is 14.6. The minimum atomic E-state index is -0.795. The average Bonchev–Trinajstić information content (AvgIpc) is 2.62. The highest BCUT2D eigenvalue weighted by Crippen LogP contribution is 2.32. The summed E-state index contributed by atoms with van der Waals surface area (Å²) in [6, 6.07) is -0.353. The van der Waals surface area contributed by atoms with Crippen LogP contribution in [-0.2, 0) is 19.0 Å². The topological polar surface area (TPSA) is 65.1 Å². The van der Waals surface area contributed by atoms with Crippen LogP contribution in [0.5, 0.6) is 0 Å². The standard InChI is InChI=1S/C16H27NO5/c1-8-20-13(18)9-11(2)12-10-21-16(6,7)17(12)14(19)22-15(3,4)5/h9,12H,8,10H2,1-7H3/b11-9+/t12-/m0/s1. The minimum absolute atomic E-state index is 0.311. The summed E-state index contributed by atoms with van der Waals surface area (Å²) in [5.74, 6) is -0.422. The zero-order chi connectivity index (χ0) is 17.1. The Kier molecular flexibility index (Phi) is 5.62. The molecule has 1 fully saturated rings. The average molecular weight is 313 g/mol. The quantitative estimate of drug-likeness (QED) is 0.592. The van der Waals surface area contributed by atoms with Crippen LogP contribution in [0.1, 0.15) is 48.5 Å². The summed E-state index contributed by atoms with van der Waals surface area (Å²) in [5, 5.41) is 0. The molecule has 1 aliphatic heterocycles. The van der Waals surface area contributed by atoms with E-state index in [1.165, 1.54) is 11.0 Å². The second-order valence-electron chi connectivity index (χ2n) is 6.76. The van der Waals surface area contributed by atoms with Crippen molar-refractivity contribution in [2.45, 2.75) is 65.8 Å². The summed E-state index contributed by atoms with van der Waals surface area (Å²) in [5.41, 5.74) is -0.689. The number of carbonyl (C=O) groups is 2. The molecular formula is C16H27NO5. The van der Waals surface area contributed by atoms with E-state index in [-0.39, 0.29) is 6.04 Å². The Morgan fingerprint density at radius 3 is 2.45 bits per heavy atom. The van der Waals surface area contributed by atoms with Crippen molar-refractivity contribution in [1.82, 2.24) is 4.90 Å². The van der Waals surface area contributed by atoms with E-state index in [1.807, 2.05) is 20.8 Å². The second-order valence-corrected chi connectivity index (χ2v) is 6.76. The van der Waals surface area contributed by atoms with Gasteiger partial charge in [0.05, 0.1) is 19.3 Å². The number of amides is 1. The number of hydrogen-bond donors (Lipinski definition) is 0. The van der Waals surface area contributed by atoms with E-state index in [1.54, 1.807) is 27.7 Å². The Bertz CT molecular complexity index is 462. The van der Waals surface area contributed by atoms with Gasteiger partial charge in [-0.2, -0.15) is 0 Å². The molecule has 1 saturated heterocycles. The van der Waals surface area contributed by atoms with E-state index in [0.717, 1.165) is 0 Å². The van der Waals surface area contributed by atoms with Crippen LogP contribution in [0.4, 0.5) is 4.79 Å². The minimum Gasteiger partial charge on any atom is -0.463 e. The summed E-state index contributed by atoms with van der Waals surface area (Å²) >= 11 is 0. The lowest BCUT2D eigenvalue weighted by Crippen LogP contribution is -2.50. The third-order valence-electron chi connectivity index (χ3n) is 3.23. The molecule has 0 N–H and O–H groups in total. The largest absolute Gasteiger partial charge is 0.463 e. The third kappa shape index (κ3) is 4.73. The van der Waals surface area contributed by atoms with Crippen LogP contribution in [0.3, 0.4) is 0 Å². The number of esters is 1. The number of nitrogens with zero attached hydrogens (tertiary/aromatic N) is 1. The molecule has 1 atom stereocenters. The molecule has 1 aliphatic rings. The molecule has 6 heteroatoms. The van der Waals surface area contributed by atoms with E-state index in [9.17, 15) is 9.59 Å². The van der Waals surface area contributed by atoms with Crippen LogP contribution < -0.4 is 0 Å². The number of ether oxygens (including phenoxy) is 3. The highest BCUT2D eigenvalue weighted by molar-refractivity contribution is 5.83. The molecule has 0 radical (unpaired) electrons. The second kappa shape index (κ2) is 6.69. The smallest absolute Gasteiger partial charge is 0.413 e. The fourth-order valence-electron chi connectivity index (χ4n) is 2.26. The van der Waals surface area contributed by atoms with Gasteiger partial charge in [-0.15, -0.1) is 0 Å². The van der Waals surface area contributed by atoms with Gasteiger partial charge in [-0.1, -0.05) is 0 Å². The summed E-state index contributed by atoms with van der Waals surface area (Å²) in [6.45, 7) is 13.2. The van der Waals surface area contributed by atoms with Crippen LogP contribution in [-0.4, -0.2) is 47.5 Å². The van der Waals surface area contributed by atoms with E-state index < -0.39 is 23.4 Å². The van der Waals surface area contributed by atoms with Crippen molar-refractivity contribution in [2.75, 3.05) is 13.2 Å². The van der Waals surface area contributed by atoms with Crippen molar-refractivity contribution in [1.29, 1.82) is 0 Å². The maximum atomic E-state index is 12.5. The van der Waals surface area contributed by atoms with Gasteiger partial charge in [0, 0.05) is 6.08 Å². The first-order valence-electron chi connectivity index (χ1n) is 7.49. The lowest BCUT2D eigenvalue weighted by molar-refractivity contribution is -0.137. The fourth-order valence-corrected chi connectivity index (χ4v) is 2.26. The van der Waals surface area contributed by atoms with Gasteiger partial charge in [0.25, 0.3) is 0 Å². The SMILES string of the molecule is CCOC(=O)/C=C(\C)[C@@H]1COC(C)(C)N1C(=O)OC(C)(C)C. The summed E-state index contributed by atoms with van der Waals surface area (Å²) < 4.78 is 16.1. The Morgan fingerprint density at radius 1 is 1.36 bits per heavy atom. The monoisotopic (exact) mass is 313 g/mol. The number of rotatable bonds is 3. The Hall–Kier alpha value is -1.56. The first kappa shape index (κ1) is 18.5. The van der Waals surface area contributed by atoms with Crippen molar-refractivity contribution in [2.24, 2.45) is 0 Å².